The Morgan fingerprint density at radius 1 is 0.550 bits per heavy atom. The van der Waals surface area contributed by atoms with Gasteiger partial charge in [0.2, 0.25) is 0 Å². The van der Waals surface area contributed by atoms with Crippen LogP contribution in [-0.2, 0) is 0 Å². The van der Waals surface area contributed by atoms with Crippen LogP contribution in [0.2, 0.25) is 0 Å². The van der Waals surface area contributed by atoms with Crippen LogP contribution in [0.3, 0.4) is 0 Å². The van der Waals surface area contributed by atoms with Gasteiger partial charge in [0.15, 0.2) is 0 Å². The predicted octanol–water partition coefficient (Wildman–Crippen LogP) is 6.95. The molecule has 0 unspecified atom stereocenters. The largest absolute Gasteiger partial charge is 0.0847 e. The number of allylic oxidation sites excluding steroid dienone is 12. The van der Waals surface area contributed by atoms with Crippen LogP contribution < -0.4 is 0 Å². The second-order valence-corrected chi connectivity index (χ2v) is 5.27. The van der Waals surface area contributed by atoms with E-state index in [1.54, 1.807) is 0 Å². The molecule has 112 valence electrons. The van der Waals surface area contributed by atoms with E-state index in [4.69, 9.17) is 0 Å². The SMILES string of the molecule is C/C=C(C)/C=C/C=C(C)C.C/C=C(C)/C=C/C=C(C)C. The number of rotatable bonds is 4. The molecule has 0 bridgehead atoms. The lowest BCUT2D eigenvalue weighted by Gasteiger charge is -1.85. The summed E-state index contributed by atoms with van der Waals surface area (Å²) in [4.78, 5) is 0. The number of hydrogen-bond donors (Lipinski definition) is 0. The first-order valence-corrected chi connectivity index (χ1v) is 7.22. The third-order valence-electron chi connectivity index (χ3n) is 2.49. The van der Waals surface area contributed by atoms with Gasteiger partial charge >= 0.3 is 0 Å². The van der Waals surface area contributed by atoms with Crippen molar-refractivity contribution in [1.29, 1.82) is 0 Å². The van der Waals surface area contributed by atoms with Crippen LogP contribution in [0, 0.1) is 0 Å². The topological polar surface area (TPSA) is 0 Å². The molecule has 0 aliphatic carbocycles. The minimum Gasteiger partial charge on any atom is -0.0847 e. The van der Waals surface area contributed by atoms with Gasteiger partial charge in [-0.25, -0.2) is 0 Å². The highest BCUT2D eigenvalue weighted by atomic mass is 13.8. The fraction of sp³-hybridized carbons (Fsp3) is 0.400. The summed E-state index contributed by atoms with van der Waals surface area (Å²) in [7, 11) is 0. The van der Waals surface area contributed by atoms with Crippen LogP contribution in [0.15, 0.2) is 70.9 Å². The molecule has 0 radical (unpaired) electrons. The molecule has 0 aromatic heterocycles. The van der Waals surface area contributed by atoms with Crippen LogP contribution >= 0.6 is 0 Å². The molecule has 0 saturated carbocycles. The van der Waals surface area contributed by atoms with Crippen LogP contribution in [0.1, 0.15) is 55.4 Å². The summed E-state index contributed by atoms with van der Waals surface area (Å²) in [6, 6.07) is 0. The van der Waals surface area contributed by atoms with Gasteiger partial charge in [-0.2, -0.15) is 0 Å². The Kier molecular flexibility index (Phi) is 14.4. The molecule has 0 nitrogen and oxygen atoms in total. The average Bonchev–Trinajstić information content (AvgIpc) is 2.38. The van der Waals surface area contributed by atoms with E-state index in [1.807, 2.05) is 13.8 Å². The van der Waals surface area contributed by atoms with Gasteiger partial charge in [-0.3, -0.25) is 0 Å². The third-order valence-corrected chi connectivity index (χ3v) is 2.49. The summed E-state index contributed by atoms with van der Waals surface area (Å²) < 4.78 is 0. The fourth-order valence-electron chi connectivity index (χ4n) is 0.977. The Bertz CT molecular complexity index is 371. The highest BCUT2D eigenvalue weighted by Crippen LogP contribution is 1.96. The van der Waals surface area contributed by atoms with E-state index in [0.29, 0.717) is 0 Å². The molecule has 0 aliphatic heterocycles. The zero-order valence-electron chi connectivity index (χ0n) is 14.6. The molecule has 0 atom stereocenters. The number of hydrogen-bond acceptors (Lipinski definition) is 0. The van der Waals surface area contributed by atoms with Crippen LogP contribution in [0.25, 0.3) is 0 Å². The minimum atomic E-state index is 1.30. The van der Waals surface area contributed by atoms with E-state index in [0.717, 1.165) is 0 Å². The Morgan fingerprint density at radius 3 is 1.05 bits per heavy atom. The second kappa shape index (κ2) is 13.9. The van der Waals surface area contributed by atoms with Gasteiger partial charge in [0.25, 0.3) is 0 Å². The summed E-state index contributed by atoms with van der Waals surface area (Å²) in [5.41, 5.74) is 5.27. The van der Waals surface area contributed by atoms with E-state index < -0.39 is 0 Å². The van der Waals surface area contributed by atoms with Crippen molar-refractivity contribution in [3.63, 3.8) is 0 Å². The Hall–Kier alpha value is -1.56. The summed E-state index contributed by atoms with van der Waals surface area (Å²) in [6.07, 6.45) is 16.8. The highest BCUT2D eigenvalue weighted by molar-refractivity contribution is 5.21. The first-order valence-electron chi connectivity index (χ1n) is 7.22. The molecule has 0 amide bonds. The molecule has 0 aromatic carbocycles. The fourth-order valence-corrected chi connectivity index (χ4v) is 0.977. The van der Waals surface area contributed by atoms with Crippen molar-refractivity contribution in [2.24, 2.45) is 0 Å². The molecular weight excluding hydrogens is 240 g/mol. The first-order chi connectivity index (χ1) is 9.33. The minimum absolute atomic E-state index is 1.30. The maximum Gasteiger partial charge on any atom is -0.0401 e. The van der Waals surface area contributed by atoms with Crippen LogP contribution in [0.4, 0.5) is 0 Å². The molecule has 0 aliphatic rings. The average molecular weight is 272 g/mol. The maximum atomic E-state index is 2.10. The summed E-state index contributed by atoms with van der Waals surface area (Å²) >= 11 is 0. The highest BCUT2D eigenvalue weighted by Gasteiger charge is 1.75. The molecule has 0 saturated heterocycles. The zero-order valence-corrected chi connectivity index (χ0v) is 14.6. The first kappa shape index (κ1) is 20.8. The van der Waals surface area contributed by atoms with Crippen molar-refractivity contribution in [1.82, 2.24) is 0 Å². The van der Waals surface area contributed by atoms with Gasteiger partial charge in [0.1, 0.15) is 0 Å². The summed E-state index contributed by atoms with van der Waals surface area (Å²) in [6.45, 7) is 16.6. The van der Waals surface area contributed by atoms with E-state index >= 15 is 0 Å². The summed E-state index contributed by atoms with van der Waals surface area (Å²) in [5.74, 6) is 0. The Morgan fingerprint density at radius 2 is 0.850 bits per heavy atom. The van der Waals surface area contributed by atoms with Crippen LogP contribution in [0.5, 0.6) is 0 Å². The van der Waals surface area contributed by atoms with Gasteiger partial charge in [-0.05, 0) is 55.4 Å². The lowest BCUT2D eigenvalue weighted by atomic mass is 10.2. The smallest absolute Gasteiger partial charge is 0.0401 e. The molecule has 0 fully saturated rings. The van der Waals surface area contributed by atoms with Gasteiger partial charge < -0.3 is 0 Å². The molecule has 0 rings (SSSR count). The molecule has 0 heteroatoms. The van der Waals surface area contributed by atoms with Crippen LogP contribution in [-0.4, -0.2) is 0 Å². The van der Waals surface area contributed by atoms with E-state index in [2.05, 4.69) is 90.2 Å². The Balaban J connectivity index is 0. The van der Waals surface area contributed by atoms with Crippen molar-refractivity contribution in [2.75, 3.05) is 0 Å². The lowest BCUT2D eigenvalue weighted by Crippen LogP contribution is -1.64. The quantitative estimate of drug-likeness (QED) is 0.486. The maximum absolute atomic E-state index is 2.10. The van der Waals surface area contributed by atoms with Crippen molar-refractivity contribution < 1.29 is 0 Å². The van der Waals surface area contributed by atoms with Gasteiger partial charge in [0.05, 0.1) is 0 Å². The molecule has 20 heavy (non-hydrogen) atoms. The van der Waals surface area contributed by atoms with E-state index in [9.17, 15) is 0 Å². The molecule has 0 heterocycles. The van der Waals surface area contributed by atoms with E-state index in [1.165, 1.54) is 22.3 Å². The van der Waals surface area contributed by atoms with Gasteiger partial charge in [-0.15, -0.1) is 0 Å². The normalized spacial score (nSPS) is 12.2. The molecule has 0 N–H and O–H groups in total. The van der Waals surface area contributed by atoms with Gasteiger partial charge in [-0.1, -0.05) is 70.9 Å². The lowest BCUT2D eigenvalue weighted by molar-refractivity contribution is 1.39. The second-order valence-electron chi connectivity index (χ2n) is 5.27. The monoisotopic (exact) mass is 272 g/mol. The molecule has 0 spiro atoms. The van der Waals surface area contributed by atoms with Crippen molar-refractivity contribution in [2.45, 2.75) is 55.4 Å². The molecule has 0 aromatic rings. The molecular formula is C20H32. The zero-order chi connectivity index (χ0) is 16.0. The van der Waals surface area contributed by atoms with E-state index in [-0.39, 0.29) is 0 Å². The van der Waals surface area contributed by atoms with Crippen molar-refractivity contribution in [3.8, 4) is 0 Å². The third kappa shape index (κ3) is 18.8. The predicted molar refractivity (Wildman–Crippen MR) is 96.0 cm³/mol. The van der Waals surface area contributed by atoms with Gasteiger partial charge in [0, 0.05) is 0 Å². The summed E-state index contributed by atoms with van der Waals surface area (Å²) in [5, 5.41) is 0. The van der Waals surface area contributed by atoms with Crippen molar-refractivity contribution >= 4 is 0 Å². The Labute approximate surface area is 127 Å². The van der Waals surface area contributed by atoms with Crippen molar-refractivity contribution in [3.05, 3.63) is 70.9 Å². The standard InChI is InChI=1S/2C10H16/c2*1-5-10(4)8-6-7-9(2)3/h2*5-8H,1-4H3/b2*8-6+,10-5+.